The molecule has 3 nitrogen and oxygen atoms in total. The van der Waals surface area contributed by atoms with E-state index < -0.39 is 0 Å². The minimum absolute atomic E-state index is 0.174. The van der Waals surface area contributed by atoms with Crippen molar-refractivity contribution in [2.75, 3.05) is 13.2 Å². The molecule has 1 aliphatic carbocycles. The number of hydrogen-bond donors (Lipinski definition) is 1. The van der Waals surface area contributed by atoms with Crippen molar-refractivity contribution < 1.29 is 9.47 Å². The highest BCUT2D eigenvalue weighted by atomic mass is 79.9. The third kappa shape index (κ3) is 1.28. The van der Waals surface area contributed by atoms with Crippen molar-refractivity contribution >= 4 is 15.9 Å². The Kier molecular flexibility index (Phi) is 2.25. The Labute approximate surface area is 115 Å². The standard InChI is InChI=1S/C14H16BrNO2/c15-11-9-3-7-17-12(9)10(14(16)4-1-5-14)8-2-6-18-13(8)11/h1-7,16H2. The summed E-state index contributed by atoms with van der Waals surface area (Å²) in [6.07, 6.45) is 5.26. The van der Waals surface area contributed by atoms with E-state index >= 15 is 0 Å². The molecule has 0 atom stereocenters. The number of nitrogens with two attached hydrogens (primary N) is 1. The first-order valence-electron chi connectivity index (χ1n) is 6.63. The molecule has 0 amide bonds. The summed E-state index contributed by atoms with van der Waals surface area (Å²) in [5.74, 6) is 2.07. The van der Waals surface area contributed by atoms with Gasteiger partial charge in [-0.3, -0.25) is 0 Å². The van der Waals surface area contributed by atoms with Crippen molar-refractivity contribution in [3.63, 3.8) is 0 Å². The molecule has 4 rings (SSSR count). The summed E-state index contributed by atoms with van der Waals surface area (Å²) in [4.78, 5) is 0. The van der Waals surface area contributed by atoms with Crippen LogP contribution in [0.3, 0.4) is 0 Å². The van der Waals surface area contributed by atoms with Crippen LogP contribution < -0.4 is 15.2 Å². The fourth-order valence-electron chi connectivity index (χ4n) is 3.39. The summed E-state index contributed by atoms with van der Waals surface area (Å²) in [5.41, 5.74) is 10.2. The fourth-order valence-corrected chi connectivity index (χ4v) is 4.12. The molecule has 1 saturated carbocycles. The van der Waals surface area contributed by atoms with Gasteiger partial charge >= 0.3 is 0 Å². The molecule has 3 aliphatic rings. The maximum Gasteiger partial charge on any atom is 0.137 e. The van der Waals surface area contributed by atoms with Crippen molar-refractivity contribution in [2.24, 2.45) is 5.73 Å². The summed E-state index contributed by atoms with van der Waals surface area (Å²) in [7, 11) is 0. The van der Waals surface area contributed by atoms with Gasteiger partial charge in [-0.1, -0.05) is 0 Å². The van der Waals surface area contributed by atoms with Crippen molar-refractivity contribution in [2.45, 2.75) is 37.6 Å². The first-order chi connectivity index (χ1) is 8.71. The molecule has 0 spiro atoms. The molecule has 0 unspecified atom stereocenters. The van der Waals surface area contributed by atoms with Gasteiger partial charge in [-0.15, -0.1) is 0 Å². The quantitative estimate of drug-likeness (QED) is 0.867. The molecule has 1 aromatic carbocycles. The number of fused-ring (bicyclic) bond motifs is 2. The molecule has 1 aromatic rings. The lowest BCUT2D eigenvalue weighted by molar-refractivity contribution is 0.240. The summed E-state index contributed by atoms with van der Waals surface area (Å²) < 4.78 is 12.8. The third-order valence-corrected chi connectivity index (χ3v) is 5.32. The smallest absolute Gasteiger partial charge is 0.137 e. The second-order valence-corrected chi connectivity index (χ2v) is 6.30. The van der Waals surface area contributed by atoms with Crippen LogP contribution in [0.25, 0.3) is 0 Å². The van der Waals surface area contributed by atoms with Gasteiger partial charge in [-0.2, -0.15) is 0 Å². The predicted molar refractivity (Wildman–Crippen MR) is 72.3 cm³/mol. The lowest BCUT2D eigenvalue weighted by atomic mass is 9.70. The van der Waals surface area contributed by atoms with Gasteiger partial charge in [0, 0.05) is 35.1 Å². The maximum absolute atomic E-state index is 6.57. The van der Waals surface area contributed by atoms with Crippen LogP contribution in [0.1, 0.15) is 36.0 Å². The van der Waals surface area contributed by atoms with E-state index in [0.717, 1.165) is 54.9 Å². The lowest BCUT2D eigenvalue weighted by Crippen LogP contribution is -2.44. The Hall–Kier alpha value is -0.740. The Balaban J connectivity index is 2.01. The van der Waals surface area contributed by atoms with E-state index in [1.54, 1.807) is 0 Å². The second kappa shape index (κ2) is 3.64. The first kappa shape index (κ1) is 11.1. The number of benzene rings is 1. The molecule has 0 radical (unpaired) electrons. The predicted octanol–water partition coefficient (Wildman–Crippen LogP) is 2.66. The maximum atomic E-state index is 6.57. The Bertz CT molecular complexity index is 502. The SMILES string of the molecule is NC1(c2c3c(c(Br)c4c2OCC4)OCC3)CCC1. The number of halogens is 1. The first-order valence-corrected chi connectivity index (χ1v) is 7.42. The lowest BCUT2D eigenvalue weighted by Gasteiger charge is -2.40. The van der Waals surface area contributed by atoms with Gasteiger partial charge in [0.25, 0.3) is 0 Å². The molecule has 2 N–H and O–H groups in total. The largest absolute Gasteiger partial charge is 0.493 e. The highest BCUT2D eigenvalue weighted by molar-refractivity contribution is 9.10. The molecule has 4 heteroatoms. The van der Waals surface area contributed by atoms with Crippen LogP contribution in [0.5, 0.6) is 11.5 Å². The minimum atomic E-state index is -0.174. The van der Waals surface area contributed by atoms with E-state index in [4.69, 9.17) is 15.2 Å². The Morgan fingerprint density at radius 2 is 1.67 bits per heavy atom. The van der Waals surface area contributed by atoms with Crippen molar-refractivity contribution in [1.29, 1.82) is 0 Å². The summed E-state index contributed by atoms with van der Waals surface area (Å²) in [6.45, 7) is 1.53. The number of rotatable bonds is 1. The van der Waals surface area contributed by atoms with E-state index in [9.17, 15) is 0 Å². The monoisotopic (exact) mass is 309 g/mol. The summed E-state index contributed by atoms with van der Waals surface area (Å²) >= 11 is 3.68. The van der Waals surface area contributed by atoms with Gasteiger partial charge in [-0.05, 0) is 35.2 Å². The second-order valence-electron chi connectivity index (χ2n) is 5.51. The molecule has 2 aliphatic heterocycles. The zero-order chi connectivity index (χ0) is 12.3. The molecular weight excluding hydrogens is 294 g/mol. The van der Waals surface area contributed by atoms with Gasteiger partial charge in [-0.25, -0.2) is 0 Å². The van der Waals surface area contributed by atoms with Gasteiger partial charge in [0.2, 0.25) is 0 Å². The van der Waals surface area contributed by atoms with Crippen LogP contribution >= 0.6 is 15.9 Å². The van der Waals surface area contributed by atoms with Crippen molar-refractivity contribution in [1.82, 2.24) is 0 Å². The van der Waals surface area contributed by atoms with Crippen LogP contribution in [0.15, 0.2) is 4.47 Å². The van der Waals surface area contributed by atoms with Gasteiger partial charge < -0.3 is 15.2 Å². The molecule has 2 heterocycles. The third-order valence-electron chi connectivity index (χ3n) is 4.48. The number of ether oxygens (including phenoxy) is 2. The van der Waals surface area contributed by atoms with Gasteiger partial charge in [0.1, 0.15) is 11.5 Å². The van der Waals surface area contributed by atoms with E-state index in [1.807, 2.05) is 0 Å². The van der Waals surface area contributed by atoms with E-state index in [2.05, 4.69) is 15.9 Å². The van der Waals surface area contributed by atoms with Crippen LogP contribution in [0, 0.1) is 0 Å². The normalized spacial score (nSPS) is 22.8. The van der Waals surface area contributed by atoms with Crippen LogP contribution in [-0.2, 0) is 18.4 Å². The highest BCUT2D eigenvalue weighted by Gasteiger charge is 2.43. The minimum Gasteiger partial charge on any atom is -0.493 e. The Morgan fingerprint density at radius 1 is 1.00 bits per heavy atom. The zero-order valence-electron chi connectivity index (χ0n) is 10.2. The van der Waals surface area contributed by atoms with E-state index in [1.165, 1.54) is 23.1 Å². The van der Waals surface area contributed by atoms with Crippen LogP contribution in [0.2, 0.25) is 0 Å². The van der Waals surface area contributed by atoms with Gasteiger partial charge in [0.15, 0.2) is 0 Å². The van der Waals surface area contributed by atoms with Crippen LogP contribution in [-0.4, -0.2) is 13.2 Å². The summed E-state index contributed by atoms with van der Waals surface area (Å²) in [5, 5.41) is 0. The van der Waals surface area contributed by atoms with E-state index in [-0.39, 0.29) is 5.54 Å². The zero-order valence-corrected chi connectivity index (χ0v) is 11.8. The van der Waals surface area contributed by atoms with Gasteiger partial charge in [0.05, 0.1) is 17.7 Å². The number of hydrogen-bond acceptors (Lipinski definition) is 3. The molecule has 0 bridgehead atoms. The molecule has 0 saturated heterocycles. The summed E-state index contributed by atoms with van der Waals surface area (Å²) in [6, 6.07) is 0. The topological polar surface area (TPSA) is 44.5 Å². The molecular formula is C14H16BrNO2. The average Bonchev–Trinajstić information content (AvgIpc) is 2.94. The molecule has 96 valence electrons. The van der Waals surface area contributed by atoms with E-state index in [0.29, 0.717) is 0 Å². The molecule has 18 heavy (non-hydrogen) atoms. The van der Waals surface area contributed by atoms with Crippen molar-refractivity contribution in [3.05, 3.63) is 21.2 Å². The highest BCUT2D eigenvalue weighted by Crippen LogP contribution is 2.53. The molecule has 1 fully saturated rings. The van der Waals surface area contributed by atoms with Crippen molar-refractivity contribution in [3.8, 4) is 11.5 Å². The Morgan fingerprint density at radius 3 is 2.33 bits per heavy atom. The van der Waals surface area contributed by atoms with Crippen LogP contribution in [0.4, 0.5) is 0 Å². The fraction of sp³-hybridized carbons (Fsp3) is 0.571. The average molecular weight is 310 g/mol. The molecule has 0 aromatic heterocycles.